The number of hydrogen-bond donors (Lipinski definition) is 0. The van der Waals surface area contributed by atoms with Crippen LogP contribution in [0.15, 0.2) is 34.9 Å². The Balaban J connectivity index is 2.57. The quantitative estimate of drug-likeness (QED) is 0.809. The molecular weight excluding hydrogens is 275 g/mol. The van der Waals surface area contributed by atoms with Gasteiger partial charge in [0.15, 0.2) is 5.76 Å². The summed E-state index contributed by atoms with van der Waals surface area (Å²) < 4.78 is 48.6. The maximum absolute atomic E-state index is 13.1. The molecule has 0 fully saturated rings. The van der Waals surface area contributed by atoms with Crippen molar-refractivity contribution in [1.29, 1.82) is 0 Å². The van der Waals surface area contributed by atoms with E-state index in [1.807, 2.05) is 0 Å². The first-order valence-corrected chi connectivity index (χ1v) is 5.74. The molecule has 0 atom stereocenters. The van der Waals surface area contributed by atoms with Crippen LogP contribution in [-0.4, -0.2) is 17.7 Å². The summed E-state index contributed by atoms with van der Waals surface area (Å²) in [6.45, 7) is 1.44. The lowest BCUT2D eigenvalue weighted by Gasteiger charge is -2.07. The summed E-state index contributed by atoms with van der Waals surface area (Å²) in [7, 11) is 0. The van der Waals surface area contributed by atoms with E-state index in [0.29, 0.717) is 0 Å². The van der Waals surface area contributed by atoms with Gasteiger partial charge in [-0.2, -0.15) is 13.2 Å². The zero-order valence-corrected chi connectivity index (χ0v) is 10.4. The largest absolute Gasteiger partial charge is 0.461 e. The summed E-state index contributed by atoms with van der Waals surface area (Å²) in [5.41, 5.74) is -1.90. The fraction of sp³-hybridized carbons (Fsp3) is 0.231. The lowest BCUT2D eigenvalue weighted by Crippen LogP contribution is -2.14. The van der Waals surface area contributed by atoms with Crippen molar-refractivity contribution in [2.45, 2.75) is 13.1 Å². The predicted octanol–water partition coefficient (Wildman–Crippen LogP) is 3.54. The van der Waals surface area contributed by atoms with Crippen LogP contribution in [0.3, 0.4) is 0 Å². The van der Waals surface area contributed by atoms with E-state index in [0.717, 1.165) is 0 Å². The van der Waals surface area contributed by atoms with Crippen molar-refractivity contribution in [3.8, 4) is 11.3 Å². The summed E-state index contributed by atoms with van der Waals surface area (Å²) in [6, 6.07) is 7.64. The van der Waals surface area contributed by atoms with Gasteiger partial charge in [0.05, 0.1) is 6.61 Å². The standard InChI is InChI=1S/C13H10F3NO3/c1-2-19-12(18)10-9(13(14,15)16)11(20-17-10)8-6-4-3-5-7-8/h3-7H,2H2,1H3. The van der Waals surface area contributed by atoms with E-state index in [1.54, 1.807) is 18.2 Å². The van der Waals surface area contributed by atoms with Gasteiger partial charge in [0.2, 0.25) is 5.69 Å². The molecular formula is C13H10F3NO3. The first-order chi connectivity index (χ1) is 9.45. The van der Waals surface area contributed by atoms with Crippen LogP contribution in [-0.2, 0) is 10.9 Å². The van der Waals surface area contributed by atoms with Crippen LogP contribution in [0.2, 0.25) is 0 Å². The Morgan fingerprint density at radius 1 is 1.30 bits per heavy atom. The summed E-state index contributed by atoms with van der Waals surface area (Å²) in [6.07, 6.45) is -4.77. The summed E-state index contributed by atoms with van der Waals surface area (Å²) in [5.74, 6) is -1.66. The lowest BCUT2D eigenvalue weighted by atomic mass is 10.1. The second-order valence-electron chi connectivity index (χ2n) is 3.82. The summed E-state index contributed by atoms with van der Waals surface area (Å²) in [5, 5.41) is 3.21. The molecule has 0 spiro atoms. The fourth-order valence-corrected chi connectivity index (χ4v) is 1.68. The Morgan fingerprint density at radius 2 is 1.95 bits per heavy atom. The van der Waals surface area contributed by atoms with Crippen LogP contribution < -0.4 is 0 Å². The summed E-state index contributed by atoms with van der Waals surface area (Å²) in [4.78, 5) is 11.5. The average Bonchev–Trinajstić information content (AvgIpc) is 2.84. The Hall–Kier alpha value is -2.31. The highest BCUT2D eigenvalue weighted by atomic mass is 19.4. The van der Waals surface area contributed by atoms with Gasteiger partial charge in [-0.05, 0) is 6.92 Å². The van der Waals surface area contributed by atoms with E-state index in [9.17, 15) is 18.0 Å². The third kappa shape index (κ3) is 2.66. The van der Waals surface area contributed by atoms with Crippen molar-refractivity contribution in [3.05, 3.63) is 41.6 Å². The van der Waals surface area contributed by atoms with Crippen molar-refractivity contribution in [2.24, 2.45) is 0 Å². The third-order valence-electron chi connectivity index (χ3n) is 2.48. The van der Waals surface area contributed by atoms with Crippen molar-refractivity contribution >= 4 is 5.97 Å². The van der Waals surface area contributed by atoms with E-state index < -0.39 is 29.2 Å². The normalized spacial score (nSPS) is 11.4. The third-order valence-corrected chi connectivity index (χ3v) is 2.48. The number of benzene rings is 1. The van der Waals surface area contributed by atoms with Crippen LogP contribution in [0.5, 0.6) is 0 Å². The number of carbonyl (C=O) groups excluding carboxylic acids is 1. The average molecular weight is 285 g/mol. The second kappa shape index (κ2) is 5.36. The smallest absolute Gasteiger partial charge is 0.422 e. The maximum Gasteiger partial charge on any atom is 0.422 e. The zero-order valence-electron chi connectivity index (χ0n) is 10.4. The number of hydrogen-bond acceptors (Lipinski definition) is 4. The number of esters is 1. The number of halogens is 3. The second-order valence-corrected chi connectivity index (χ2v) is 3.82. The van der Waals surface area contributed by atoms with Crippen molar-refractivity contribution < 1.29 is 27.2 Å². The molecule has 2 rings (SSSR count). The molecule has 0 unspecified atom stereocenters. The van der Waals surface area contributed by atoms with E-state index in [2.05, 4.69) is 9.89 Å². The van der Waals surface area contributed by atoms with Crippen LogP contribution in [0.25, 0.3) is 11.3 Å². The maximum atomic E-state index is 13.1. The molecule has 1 aromatic carbocycles. The van der Waals surface area contributed by atoms with Gasteiger partial charge in [-0.15, -0.1) is 0 Å². The number of carbonyl (C=O) groups is 1. The Kier molecular flexibility index (Phi) is 3.78. The van der Waals surface area contributed by atoms with Crippen molar-refractivity contribution in [3.63, 3.8) is 0 Å². The number of aromatic nitrogens is 1. The summed E-state index contributed by atoms with van der Waals surface area (Å²) >= 11 is 0. The fourth-order valence-electron chi connectivity index (χ4n) is 1.68. The van der Waals surface area contributed by atoms with Crippen LogP contribution >= 0.6 is 0 Å². The number of ether oxygens (including phenoxy) is 1. The first-order valence-electron chi connectivity index (χ1n) is 5.74. The Labute approximate surface area is 112 Å². The zero-order chi connectivity index (χ0) is 14.8. The topological polar surface area (TPSA) is 52.3 Å². The van der Waals surface area contributed by atoms with Gasteiger partial charge in [0.25, 0.3) is 0 Å². The molecule has 7 heteroatoms. The minimum absolute atomic E-state index is 0.0519. The van der Waals surface area contributed by atoms with Gasteiger partial charge >= 0.3 is 12.1 Å². The lowest BCUT2D eigenvalue weighted by molar-refractivity contribution is -0.137. The predicted molar refractivity (Wildman–Crippen MR) is 62.9 cm³/mol. The Morgan fingerprint density at radius 3 is 2.50 bits per heavy atom. The molecule has 0 aliphatic carbocycles. The van der Waals surface area contributed by atoms with Crippen LogP contribution in [0.1, 0.15) is 23.0 Å². The molecule has 0 bridgehead atoms. The molecule has 0 amide bonds. The van der Waals surface area contributed by atoms with E-state index in [-0.39, 0.29) is 12.2 Å². The highest BCUT2D eigenvalue weighted by Gasteiger charge is 2.43. The van der Waals surface area contributed by atoms with Gasteiger partial charge in [0.1, 0.15) is 5.56 Å². The minimum Gasteiger partial charge on any atom is -0.461 e. The SMILES string of the molecule is CCOC(=O)c1noc(-c2ccccc2)c1C(F)(F)F. The molecule has 1 heterocycles. The number of nitrogens with zero attached hydrogens (tertiary/aromatic N) is 1. The molecule has 0 aliphatic heterocycles. The van der Waals surface area contributed by atoms with E-state index >= 15 is 0 Å². The number of alkyl halides is 3. The van der Waals surface area contributed by atoms with E-state index in [4.69, 9.17) is 4.52 Å². The molecule has 0 aliphatic rings. The highest BCUT2D eigenvalue weighted by molar-refractivity contribution is 5.91. The van der Waals surface area contributed by atoms with Gasteiger partial charge in [-0.3, -0.25) is 0 Å². The highest BCUT2D eigenvalue weighted by Crippen LogP contribution is 2.39. The van der Waals surface area contributed by atoms with Crippen LogP contribution in [0.4, 0.5) is 13.2 Å². The molecule has 0 N–H and O–H groups in total. The van der Waals surface area contributed by atoms with Crippen molar-refractivity contribution in [1.82, 2.24) is 5.16 Å². The molecule has 4 nitrogen and oxygen atoms in total. The van der Waals surface area contributed by atoms with Gasteiger partial charge in [-0.25, -0.2) is 4.79 Å². The molecule has 0 radical (unpaired) electrons. The van der Waals surface area contributed by atoms with Gasteiger partial charge in [0, 0.05) is 5.56 Å². The minimum atomic E-state index is -4.77. The van der Waals surface area contributed by atoms with E-state index in [1.165, 1.54) is 19.1 Å². The molecule has 2 aromatic rings. The Bertz CT molecular complexity index is 605. The molecule has 0 saturated carbocycles. The first kappa shape index (κ1) is 14.1. The molecule has 1 aromatic heterocycles. The monoisotopic (exact) mass is 285 g/mol. The molecule has 20 heavy (non-hydrogen) atoms. The molecule has 106 valence electrons. The van der Waals surface area contributed by atoms with Crippen molar-refractivity contribution in [2.75, 3.05) is 6.61 Å². The number of rotatable bonds is 3. The van der Waals surface area contributed by atoms with Crippen LogP contribution in [0, 0.1) is 0 Å². The molecule has 0 saturated heterocycles. The van der Waals surface area contributed by atoms with Gasteiger partial charge in [-0.1, -0.05) is 35.5 Å². The van der Waals surface area contributed by atoms with Gasteiger partial charge < -0.3 is 9.26 Å².